The lowest BCUT2D eigenvalue weighted by Crippen LogP contribution is -2.41. The molecule has 0 saturated heterocycles. The highest BCUT2D eigenvalue weighted by atomic mass is 16.6. The highest BCUT2D eigenvalue weighted by Crippen LogP contribution is 2.19. The molecule has 16 heavy (non-hydrogen) atoms. The van der Waals surface area contributed by atoms with Crippen molar-refractivity contribution in [2.45, 2.75) is 46.6 Å². The Labute approximate surface area is 97.6 Å². The van der Waals surface area contributed by atoms with Gasteiger partial charge in [0.15, 0.2) is 0 Å². The van der Waals surface area contributed by atoms with Gasteiger partial charge in [0.05, 0.1) is 6.61 Å². The highest BCUT2D eigenvalue weighted by Gasteiger charge is 2.24. The Morgan fingerprint density at radius 1 is 1.31 bits per heavy atom. The van der Waals surface area contributed by atoms with Gasteiger partial charge in [-0.05, 0) is 27.2 Å². The fraction of sp³-hybridized carbons (Fsp3) is 0.909. The van der Waals surface area contributed by atoms with Crippen LogP contribution in [-0.4, -0.2) is 24.8 Å². The lowest BCUT2D eigenvalue weighted by atomic mass is 9.89. The molecule has 1 atom stereocenters. The molecule has 0 fully saturated rings. The summed E-state index contributed by atoms with van der Waals surface area (Å²) >= 11 is 0. The van der Waals surface area contributed by atoms with E-state index < -0.39 is 11.7 Å². The molecule has 1 amide bonds. The Morgan fingerprint density at radius 2 is 1.88 bits per heavy atom. The molecule has 0 saturated carbocycles. The van der Waals surface area contributed by atoms with Gasteiger partial charge >= 0.3 is 6.09 Å². The Balaban J connectivity index is 4.07. The third-order valence-electron chi connectivity index (χ3n) is 2.34. The van der Waals surface area contributed by atoms with Gasteiger partial charge in [-0.15, -0.1) is 0 Å². The standard InChI is InChI=1S/C11H24N2O3/c1-6-11(5,8-15-12)7-13-9(14)16-10(2,3)4/h6-8,12H2,1-5H3,(H,13,14). The molecule has 0 aliphatic carbocycles. The number of nitrogens with one attached hydrogen (secondary N) is 1. The van der Waals surface area contributed by atoms with Crippen LogP contribution in [0.25, 0.3) is 0 Å². The van der Waals surface area contributed by atoms with Crippen LogP contribution in [0.3, 0.4) is 0 Å². The molecule has 0 bridgehead atoms. The molecular weight excluding hydrogens is 208 g/mol. The van der Waals surface area contributed by atoms with Crippen LogP contribution in [0, 0.1) is 5.41 Å². The summed E-state index contributed by atoms with van der Waals surface area (Å²) in [6.07, 6.45) is 0.448. The minimum absolute atomic E-state index is 0.161. The number of nitrogens with two attached hydrogens (primary N) is 1. The van der Waals surface area contributed by atoms with Crippen molar-refractivity contribution in [2.75, 3.05) is 13.2 Å². The quantitative estimate of drug-likeness (QED) is 0.709. The van der Waals surface area contributed by atoms with Crippen molar-refractivity contribution in [3.8, 4) is 0 Å². The van der Waals surface area contributed by atoms with Crippen molar-refractivity contribution in [3.05, 3.63) is 0 Å². The van der Waals surface area contributed by atoms with Crippen LogP contribution in [0.1, 0.15) is 41.0 Å². The summed E-state index contributed by atoms with van der Waals surface area (Å²) in [6.45, 7) is 10.4. The Morgan fingerprint density at radius 3 is 2.25 bits per heavy atom. The first-order valence-corrected chi connectivity index (χ1v) is 5.51. The second-order valence-corrected chi connectivity index (χ2v) is 5.33. The Hall–Kier alpha value is -0.810. The van der Waals surface area contributed by atoms with Crippen LogP contribution in [-0.2, 0) is 9.57 Å². The van der Waals surface area contributed by atoms with Crippen LogP contribution in [0.15, 0.2) is 0 Å². The predicted octanol–water partition coefficient (Wildman–Crippen LogP) is 1.82. The van der Waals surface area contributed by atoms with Crippen molar-refractivity contribution in [2.24, 2.45) is 11.3 Å². The highest BCUT2D eigenvalue weighted by molar-refractivity contribution is 5.67. The molecule has 3 N–H and O–H groups in total. The van der Waals surface area contributed by atoms with Crippen LogP contribution < -0.4 is 11.2 Å². The molecule has 0 aromatic carbocycles. The summed E-state index contributed by atoms with van der Waals surface area (Å²) < 4.78 is 5.13. The molecule has 0 heterocycles. The lowest BCUT2D eigenvalue weighted by Gasteiger charge is -2.28. The van der Waals surface area contributed by atoms with E-state index in [4.69, 9.17) is 10.6 Å². The lowest BCUT2D eigenvalue weighted by molar-refractivity contribution is 0.0348. The van der Waals surface area contributed by atoms with Gasteiger partial charge in [0, 0.05) is 12.0 Å². The molecule has 5 heteroatoms. The predicted molar refractivity (Wildman–Crippen MR) is 62.8 cm³/mol. The van der Waals surface area contributed by atoms with E-state index in [1.807, 2.05) is 34.6 Å². The average molecular weight is 232 g/mol. The average Bonchev–Trinajstić information content (AvgIpc) is 2.13. The van der Waals surface area contributed by atoms with E-state index in [0.29, 0.717) is 13.2 Å². The number of alkyl carbamates (subject to hydrolysis) is 1. The molecule has 0 spiro atoms. The van der Waals surface area contributed by atoms with Gasteiger partial charge in [0.25, 0.3) is 0 Å². The monoisotopic (exact) mass is 232 g/mol. The van der Waals surface area contributed by atoms with Gasteiger partial charge in [0.2, 0.25) is 0 Å². The van der Waals surface area contributed by atoms with Gasteiger partial charge in [-0.1, -0.05) is 13.8 Å². The largest absolute Gasteiger partial charge is 0.444 e. The van der Waals surface area contributed by atoms with Gasteiger partial charge in [-0.25, -0.2) is 10.7 Å². The van der Waals surface area contributed by atoms with E-state index in [2.05, 4.69) is 10.2 Å². The molecule has 0 aliphatic rings. The number of rotatable bonds is 5. The number of ether oxygens (including phenoxy) is 1. The van der Waals surface area contributed by atoms with E-state index in [1.165, 1.54) is 0 Å². The minimum Gasteiger partial charge on any atom is -0.444 e. The first-order valence-electron chi connectivity index (χ1n) is 5.51. The van der Waals surface area contributed by atoms with Crippen molar-refractivity contribution >= 4 is 6.09 Å². The summed E-state index contributed by atoms with van der Waals surface area (Å²) in [5.74, 6) is 5.05. The molecule has 0 aliphatic heterocycles. The molecule has 0 aromatic rings. The molecular formula is C11H24N2O3. The first-order chi connectivity index (χ1) is 7.22. The van der Waals surface area contributed by atoms with Gasteiger partial charge in [-0.3, -0.25) is 0 Å². The summed E-state index contributed by atoms with van der Waals surface area (Å²) in [5, 5.41) is 2.72. The van der Waals surface area contributed by atoms with Crippen molar-refractivity contribution < 1.29 is 14.4 Å². The zero-order valence-corrected chi connectivity index (χ0v) is 10.9. The molecule has 0 radical (unpaired) electrons. The fourth-order valence-corrected chi connectivity index (χ4v) is 1.08. The van der Waals surface area contributed by atoms with E-state index in [1.54, 1.807) is 0 Å². The van der Waals surface area contributed by atoms with E-state index in [-0.39, 0.29) is 5.41 Å². The SMILES string of the molecule is CCC(C)(CNC(=O)OC(C)(C)C)CON. The number of carbonyl (C=O) groups is 1. The van der Waals surface area contributed by atoms with Crippen LogP contribution in [0.4, 0.5) is 4.79 Å². The summed E-state index contributed by atoms with van der Waals surface area (Å²) in [4.78, 5) is 16.1. The maximum Gasteiger partial charge on any atom is 0.407 e. The van der Waals surface area contributed by atoms with Crippen molar-refractivity contribution in [1.29, 1.82) is 0 Å². The third kappa shape index (κ3) is 6.63. The topological polar surface area (TPSA) is 73.6 Å². The number of amides is 1. The minimum atomic E-state index is -0.475. The number of carbonyl (C=O) groups excluding carboxylic acids is 1. The maximum absolute atomic E-state index is 11.4. The number of hydrogen-bond donors (Lipinski definition) is 2. The summed E-state index contributed by atoms with van der Waals surface area (Å²) in [6, 6.07) is 0. The third-order valence-corrected chi connectivity index (χ3v) is 2.34. The van der Waals surface area contributed by atoms with E-state index in [9.17, 15) is 4.79 Å². The van der Waals surface area contributed by atoms with Crippen LogP contribution in [0.2, 0.25) is 0 Å². The van der Waals surface area contributed by atoms with Crippen LogP contribution in [0.5, 0.6) is 0 Å². The van der Waals surface area contributed by atoms with Crippen molar-refractivity contribution in [3.63, 3.8) is 0 Å². The fourth-order valence-electron chi connectivity index (χ4n) is 1.08. The smallest absolute Gasteiger partial charge is 0.407 e. The second-order valence-electron chi connectivity index (χ2n) is 5.33. The van der Waals surface area contributed by atoms with E-state index >= 15 is 0 Å². The normalized spacial score (nSPS) is 15.4. The Kier molecular flexibility index (Phi) is 5.75. The van der Waals surface area contributed by atoms with Gasteiger partial charge < -0.3 is 14.9 Å². The van der Waals surface area contributed by atoms with Gasteiger partial charge in [-0.2, -0.15) is 0 Å². The zero-order chi connectivity index (χ0) is 12.8. The maximum atomic E-state index is 11.4. The van der Waals surface area contributed by atoms with Gasteiger partial charge in [0.1, 0.15) is 5.60 Å². The molecule has 1 unspecified atom stereocenters. The Bertz CT molecular complexity index is 226. The second kappa shape index (κ2) is 6.06. The summed E-state index contributed by atoms with van der Waals surface area (Å²) in [7, 11) is 0. The molecule has 5 nitrogen and oxygen atoms in total. The van der Waals surface area contributed by atoms with E-state index in [0.717, 1.165) is 6.42 Å². The molecule has 0 aromatic heterocycles. The zero-order valence-electron chi connectivity index (χ0n) is 10.9. The molecule has 96 valence electrons. The van der Waals surface area contributed by atoms with Crippen LogP contribution >= 0.6 is 0 Å². The summed E-state index contributed by atoms with van der Waals surface area (Å²) in [5.41, 5.74) is -0.636. The van der Waals surface area contributed by atoms with Crippen molar-refractivity contribution in [1.82, 2.24) is 5.32 Å². The first kappa shape index (κ1) is 15.2. The number of hydrogen-bond acceptors (Lipinski definition) is 4. The molecule has 0 rings (SSSR count).